The molecule has 0 fully saturated rings. The van der Waals surface area contributed by atoms with Crippen molar-refractivity contribution in [3.8, 4) is 23.0 Å². The molecule has 0 radical (unpaired) electrons. The third-order valence-electron chi connectivity index (χ3n) is 7.42. The number of rotatable bonds is 3. The summed E-state index contributed by atoms with van der Waals surface area (Å²) >= 11 is 0. The predicted molar refractivity (Wildman–Crippen MR) is 152 cm³/mol. The molecule has 2 N–H and O–H groups in total. The fraction of sp³-hybridized carbons (Fsp3) is 0.533. The summed E-state index contributed by atoms with van der Waals surface area (Å²) in [6, 6.07) is 0. The molecule has 2 aromatic rings. The second kappa shape index (κ2) is 11.0. The van der Waals surface area contributed by atoms with Crippen LogP contribution in [0.25, 0.3) is 0 Å². The number of carbonyl (C=O) groups is 2. The quantitative estimate of drug-likeness (QED) is 0.155. The number of nitro groups is 1. The highest BCUT2D eigenvalue weighted by atomic mass is 16.6. The Bertz CT molecular complexity index is 1390. The SMILES string of the molecule is CC(=O)Oc1c(C)c(N)c2c(c1C)CCC(C)(C)O2.CC(=O)Oc1c(C)c2c(c([N+](=O)[O-])c1C)OC(C)(C)CC2. The average Bonchev–Trinajstić information content (AvgIpc) is 2.82. The minimum atomic E-state index is -0.493. The molecule has 40 heavy (non-hydrogen) atoms. The molecule has 2 aliphatic heterocycles. The van der Waals surface area contributed by atoms with Crippen molar-refractivity contribution in [1.82, 2.24) is 0 Å². The Morgan fingerprint density at radius 1 is 0.775 bits per heavy atom. The summed E-state index contributed by atoms with van der Waals surface area (Å²) in [7, 11) is 0. The zero-order valence-corrected chi connectivity index (χ0v) is 25.1. The van der Waals surface area contributed by atoms with E-state index in [2.05, 4.69) is 13.8 Å². The van der Waals surface area contributed by atoms with Gasteiger partial charge in [0.15, 0.2) is 0 Å². The number of benzene rings is 2. The molecule has 2 aromatic carbocycles. The van der Waals surface area contributed by atoms with Crippen LogP contribution in [0.15, 0.2) is 0 Å². The molecule has 0 amide bonds. The number of nitrogen functional groups attached to an aromatic ring is 1. The Labute approximate surface area is 235 Å². The summed E-state index contributed by atoms with van der Waals surface area (Å²) in [6.07, 6.45) is 3.21. The first kappa shape index (κ1) is 30.7. The Morgan fingerprint density at radius 3 is 1.60 bits per heavy atom. The molecule has 2 aliphatic rings. The second-order valence-corrected chi connectivity index (χ2v) is 11.7. The number of hydrogen-bond acceptors (Lipinski definition) is 9. The number of nitrogens with two attached hydrogens (primary N) is 1. The normalized spacial score (nSPS) is 16.1. The fourth-order valence-electron chi connectivity index (χ4n) is 5.20. The van der Waals surface area contributed by atoms with Crippen LogP contribution in [0.1, 0.15) is 87.8 Å². The molecule has 0 aromatic heterocycles. The van der Waals surface area contributed by atoms with Gasteiger partial charge < -0.3 is 24.7 Å². The summed E-state index contributed by atoms with van der Waals surface area (Å²) in [5.74, 6) is 1.09. The molecule has 0 bridgehead atoms. The lowest BCUT2D eigenvalue weighted by Gasteiger charge is -2.35. The Balaban J connectivity index is 0.000000222. The van der Waals surface area contributed by atoms with Crippen LogP contribution < -0.4 is 24.7 Å². The van der Waals surface area contributed by atoms with Crippen molar-refractivity contribution in [1.29, 1.82) is 0 Å². The number of ether oxygens (including phenoxy) is 4. The van der Waals surface area contributed by atoms with Gasteiger partial charge in [0, 0.05) is 30.5 Å². The van der Waals surface area contributed by atoms with E-state index >= 15 is 0 Å². The summed E-state index contributed by atoms with van der Waals surface area (Å²) in [4.78, 5) is 33.4. The minimum Gasteiger partial charge on any atom is -0.485 e. The molecular weight excluding hydrogens is 516 g/mol. The maximum atomic E-state index is 11.4. The second-order valence-electron chi connectivity index (χ2n) is 11.7. The maximum absolute atomic E-state index is 11.4. The third-order valence-corrected chi connectivity index (χ3v) is 7.42. The van der Waals surface area contributed by atoms with Crippen LogP contribution >= 0.6 is 0 Å². The van der Waals surface area contributed by atoms with Gasteiger partial charge in [0.1, 0.15) is 28.5 Å². The van der Waals surface area contributed by atoms with Gasteiger partial charge >= 0.3 is 17.6 Å². The number of anilines is 1. The zero-order chi connectivity index (χ0) is 30.3. The standard InChI is InChI=1S/C15H19NO5.C15H21NO3/c1-8-11-6-7-15(4,5)21-14(11)12(16(18)19)9(2)13(8)20-10(3)17;1-8-11-6-7-15(4,5)19-14(11)12(16)9(2)13(8)18-10(3)17/h6-7H2,1-5H3;6-7,16H2,1-5H3. The van der Waals surface area contributed by atoms with Crippen LogP contribution in [0.3, 0.4) is 0 Å². The maximum Gasteiger partial charge on any atom is 0.317 e. The first-order valence-corrected chi connectivity index (χ1v) is 13.3. The molecule has 4 rings (SSSR count). The Hall–Kier alpha value is -3.82. The van der Waals surface area contributed by atoms with Gasteiger partial charge in [-0.1, -0.05) is 0 Å². The van der Waals surface area contributed by atoms with Crippen molar-refractivity contribution in [3.63, 3.8) is 0 Å². The molecule has 10 heteroatoms. The van der Waals surface area contributed by atoms with E-state index in [-0.39, 0.29) is 23.0 Å². The molecule has 0 spiro atoms. The van der Waals surface area contributed by atoms with Crippen LogP contribution in [0.4, 0.5) is 11.4 Å². The highest BCUT2D eigenvalue weighted by Crippen LogP contribution is 2.48. The molecule has 0 unspecified atom stereocenters. The largest absolute Gasteiger partial charge is 0.485 e. The van der Waals surface area contributed by atoms with E-state index < -0.39 is 16.5 Å². The number of nitrogens with zero attached hydrogens (tertiary/aromatic N) is 1. The molecule has 0 aliphatic carbocycles. The van der Waals surface area contributed by atoms with E-state index in [1.807, 2.05) is 27.7 Å². The van der Waals surface area contributed by atoms with E-state index in [4.69, 9.17) is 24.7 Å². The predicted octanol–water partition coefficient (Wildman–Crippen LogP) is 6.16. The van der Waals surface area contributed by atoms with Gasteiger partial charge in [0.25, 0.3) is 0 Å². The van der Waals surface area contributed by atoms with Crippen molar-refractivity contribution < 1.29 is 33.5 Å². The monoisotopic (exact) mass is 556 g/mol. The number of esters is 2. The van der Waals surface area contributed by atoms with Crippen LogP contribution in [0.5, 0.6) is 23.0 Å². The van der Waals surface area contributed by atoms with Gasteiger partial charge in [-0.2, -0.15) is 0 Å². The van der Waals surface area contributed by atoms with E-state index in [0.29, 0.717) is 29.2 Å². The number of carbonyl (C=O) groups excluding carboxylic acids is 2. The smallest absolute Gasteiger partial charge is 0.317 e. The average molecular weight is 557 g/mol. The van der Waals surface area contributed by atoms with Gasteiger partial charge in [-0.3, -0.25) is 19.7 Å². The lowest BCUT2D eigenvalue weighted by molar-refractivity contribution is -0.387. The molecule has 10 nitrogen and oxygen atoms in total. The van der Waals surface area contributed by atoms with Crippen molar-refractivity contribution >= 4 is 23.3 Å². The van der Waals surface area contributed by atoms with Crippen LogP contribution in [-0.4, -0.2) is 28.1 Å². The van der Waals surface area contributed by atoms with Gasteiger partial charge in [-0.15, -0.1) is 0 Å². The first-order chi connectivity index (χ1) is 18.4. The zero-order valence-electron chi connectivity index (χ0n) is 25.1. The lowest BCUT2D eigenvalue weighted by atomic mass is 9.89. The van der Waals surface area contributed by atoms with Gasteiger partial charge in [0.2, 0.25) is 5.75 Å². The number of fused-ring (bicyclic) bond motifs is 2. The molecule has 0 saturated heterocycles. The highest BCUT2D eigenvalue weighted by molar-refractivity contribution is 5.76. The minimum absolute atomic E-state index is 0.111. The Morgan fingerprint density at radius 2 is 1.18 bits per heavy atom. The van der Waals surface area contributed by atoms with Crippen molar-refractivity contribution in [3.05, 3.63) is 43.5 Å². The highest BCUT2D eigenvalue weighted by Gasteiger charge is 2.37. The Kier molecular flexibility index (Phi) is 8.43. The van der Waals surface area contributed by atoms with Crippen molar-refractivity contribution in [2.45, 2.75) is 106 Å². The van der Waals surface area contributed by atoms with E-state index in [0.717, 1.165) is 52.8 Å². The third kappa shape index (κ3) is 6.16. The van der Waals surface area contributed by atoms with Gasteiger partial charge in [-0.05, 0) is 92.2 Å². The van der Waals surface area contributed by atoms with Gasteiger partial charge in [0.05, 0.1) is 16.2 Å². The molecule has 2 heterocycles. The first-order valence-electron chi connectivity index (χ1n) is 13.3. The summed E-state index contributed by atoms with van der Waals surface area (Å²) < 4.78 is 22.3. The topological polar surface area (TPSA) is 140 Å². The van der Waals surface area contributed by atoms with Crippen LogP contribution in [0.2, 0.25) is 0 Å². The van der Waals surface area contributed by atoms with Crippen LogP contribution in [-0.2, 0) is 22.4 Å². The van der Waals surface area contributed by atoms with Gasteiger partial charge in [-0.25, -0.2) is 0 Å². The fourth-order valence-corrected chi connectivity index (χ4v) is 5.20. The van der Waals surface area contributed by atoms with Crippen molar-refractivity contribution in [2.24, 2.45) is 0 Å². The summed E-state index contributed by atoms with van der Waals surface area (Å²) in [5.41, 5.74) is 10.5. The molecule has 0 saturated carbocycles. The summed E-state index contributed by atoms with van der Waals surface area (Å²) in [6.45, 7) is 17.8. The number of hydrogen-bond donors (Lipinski definition) is 1. The molecule has 218 valence electrons. The van der Waals surface area contributed by atoms with Crippen LogP contribution in [0, 0.1) is 37.8 Å². The van der Waals surface area contributed by atoms with E-state index in [9.17, 15) is 19.7 Å². The van der Waals surface area contributed by atoms with E-state index in [1.54, 1.807) is 13.8 Å². The lowest BCUT2D eigenvalue weighted by Crippen LogP contribution is -2.33. The summed E-state index contributed by atoms with van der Waals surface area (Å²) in [5, 5.41) is 11.4. The van der Waals surface area contributed by atoms with Crippen molar-refractivity contribution in [2.75, 3.05) is 5.73 Å². The molecular formula is C30H40N2O8. The van der Waals surface area contributed by atoms with E-state index in [1.165, 1.54) is 13.8 Å². The number of nitro benzene ring substituents is 1. The molecule has 0 atom stereocenters.